The molecule has 4 aromatic carbocycles. The lowest BCUT2D eigenvalue weighted by Crippen LogP contribution is -2.25. The van der Waals surface area contributed by atoms with Crippen LogP contribution in [0.2, 0.25) is 0 Å². The summed E-state index contributed by atoms with van der Waals surface area (Å²) in [5.74, 6) is -0.968. The SMILES string of the molecule is Cc1ccc(Nc2ccc(Nc3ccc(C)cc3S(=O)O)c3c2C(=O)c2cccc(N)c2C3=O)c(S(=O)O)c1. The van der Waals surface area contributed by atoms with E-state index in [0.29, 0.717) is 5.69 Å². The molecule has 1 aliphatic carbocycles. The molecule has 6 N–H and O–H groups in total. The van der Waals surface area contributed by atoms with Crippen molar-refractivity contribution in [2.24, 2.45) is 0 Å². The zero-order chi connectivity index (χ0) is 28.0. The predicted molar refractivity (Wildman–Crippen MR) is 151 cm³/mol. The Morgan fingerprint density at radius 1 is 0.641 bits per heavy atom. The van der Waals surface area contributed by atoms with E-state index in [-0.39, 0.29) is 54.8 Å². The van der Waals surface area contributed by atoms with Gasteiger partial charge in [0, 0.05) is 11.3 Å². The standard InChI is InChI=1S/C28H23N3O6S2/c1-14-6-8-18(22(12-14)38(34)35)30-20-10-11-21(31-19-9-7-15(2)13-23(19)39(36)37)26-25(20)27(32)16-4-3-5-17(29)24(16)28(26)33/h3-13,30-31H,29H2,1-2H3,(H,34,35)(H,36,37). The van der Waals surface area contributed by atoms with Crippen LogP contribution in [-0.4, -0.2) is 29.1 Å². The lowest BCUT2D eigenvalue weighted by Gasteiger charge is -2.25. The summed E-state index contributed by atoms with van der Waals surface area (Å²) in [4.78, 5) is 27.9. The highest BCUT2D eigenvalue weighted by molar-refractivity contribution is 7.79. The Balaban J connectivity index is 1.72. The van der Waals surface area contributed by atoms with E-state index in [9.17, 15) is 27.1 Å². The summed E-state index contributed by atoms with van der Waals surface area (Å²) in [6.07, 6.45) is 0. The molecule has 1 aliphatic rings. The van der Waals surface area contributed by atoms with Gasteiger partial charge < -0.3 is 25.5 Å². The first kappa shape index (κ1) is 26.4. The number of nitrogens with one attached hydrogen (secondary N) is 2. The second kappa shape index (κ2) is 10.2. The predicted octanol–water partition coefficient (Wildman–Crippen LogP) is 5.31. The third-order valence-corrected chi connectivity index (χ3v) is 7.85. The highest BCUT2D eigenvalue weighted by atomic mass is 32.2. The topological polar surface area (TPSA) is 159 Å². The molecule has 9 nitrogen and oxygen atoms in total. The molecule has 0 spiro atoms. The maximum atomic E-state index is 13.9. The molecule has 0 bridgehead atoms. The zero-order valence-electron chi connectivity index (χ0n) is 20.8. The maximum Gasteiger partial charge on any atom is 0.198 e. The van der Waals surface area contributed by atoms with Crippen LogP contribution in [0.4, 0.5) is 28.4 Å². The van der Waals surface area contributed by atoms with E-state index in [2.05, 4.69) is 10.6 Å². The largest absolute Gasteiger partial charge is 0.398 e. The molecule has 198 valence electrons. The highest BCUT2D eigenvalue weighted by Gasteiger charge is 2.35. The van der Waals surface area contributed by atoms with Gasteiger partial charge in [0.1, 0.15) is 0 Å². The average molecular weight is 562 g/mol. The molecular formula is C28H23N3O6S2. The van der Waals surface area contributed by atoms with Crippen LogP contribution in [0.5, 0.6) is 0 Å². The molecule has 0 aromatic heterocycles. The molecule has 0 heterocycles. The van der Waals surface area contributed by atoms with Crippen molar-refractivity contribution in [2.45, 2.75) is 23.6 Å². The third-order valence-electron chi connectivity index (χ3n) is 6.42. The number of nitrogen functional groups attached to an aromatic ring is 1. The molecule has 2 unspecified atom stereocenters. The number of rotatable bonds is 6. The molecule has 0 radical (unpaired) electrons. The molecule has 11 heteroatoms. The number of carbonyl (C=O) groups excluding carboxylic acids is 2. The van der Waals surface area contributed by atoms with Crippen molar-refractivity contribution < 1.29 is 27.1 Å². The van der Waals surface area contributed by atoms with Crippen molar-refractivity contribution in [2.75, 3.05) is 16.4 Å². The summed E-state index contributed by atoms with van der Waals surface area (Å²) in [5, 5.41) is 6.12. The quantitative estimate of drug-likeness (QED) is 0.137. The summed E-state index contributed by atoms with van der Waals surface area (Å²) < 4.78 is 43.7. The lowest BCUT2D eigenvalue weighted by atomic mass is 9.81. The number of hydrogen-bond acceptors (Lipinski definition) is 7. The van der Waals surface area contributed by atoms with E-state index >= 15 is 0 Å². The number of carbonyl (C=O) groups is 2. The monoisotopic (exact) mass is 561 g/mol. The van der Waals surface area contributed by atoms with Gasteiger partial charge >= 0.3 is 0 Å². The van der Waals surface area contributed by atoms with Gasteiger partial charge in [-0.2, -0.15) is 0 Å². The van der Waals surface area contributed by atoms with Gasteiger partial charge in [0.25, 0.3) is 0 Å². The second-order valence-electron chi connectivity index (χ2n) is 9.09. The molecule has 39 heavy (non-hydrogen) atoms. The minimum Gasteiger partial charge on any atom is -0.398 e. The van der Waals surface area contributed by atoms with Gasteiger partial charge in [0.05, 0.1) is 49.2 Å². The van der Waals surface area contributed by atoms with Crippen molar-refractivity contribution in [3.8, 4) is 0 Å². The fourth-order valence-electron chi connectivity index (χ4n) is 4.60. The van der Waals surface area contributed by atoms with Gasteiger partial charge in [-0.05, 0) is 67.4 Å². The van der Waals surface area contributed by atoms with Gasteiger partial charge in [0.2, 0.25) is 0 Å². The number of benzene rings is 4. The van der Waals surface area contributed by atoms with Crippen LogP contribution in [0.1, 0.15) is 43.0 Å². The van der Waals surface area contributed by atoms with Crippen LogP contribution in [0, 0.1) is 13.8 Å². The number of aryl methyl sites for hydroxylation is 2. The summed E-state index contributed by atoms with van der Waals surface area (Å²) in [6.45, 7) is 3.56. The van der Waals surface area contributed by atoms with E-state index in [1.54, 1.807) is 68.4 Å². The maximum absolute atomic E-state index is 13.9. The van der Waals surface area contributed by atoms with E-state index in [4.69, 9.17) is 5.73 Å². The smallest absolute Gasteiger partial charge is 0.198 e. The molecule has 4 aromatic rings. The van der Waals surface area contributed by atoms with Gasteiger partial charge in [-0.3, -0.25) is 9.59 Å². The van der Waals surface area contributed by atoms with Crippen LogP contribution in [0.25, 0.3) is 0 Å². The first-order valence-electron chi connectivity index (χ1n) is 11.7. The normalized spacial score (nSPS) is 13.8. The van der Waals surface area contributed by atoms with E-state index in [0.717, 1.165) is 11.1 Å². The fraction of sp³-hybridized carbons (Fsp3) is 0.0714. The van der Waals surface area contributed by atoms with Gasteiger partial charge in [-0.15, -0.1) is 0 Å². The summed E-state index contributed by atoms with van der Waals surface area (Å²) >= 11 is -4.64. The van der Waals surface area contributed by atoms with Crippen molar-refractivity contribution in [3.05, 3.63) is 100 Å². The van der Waals surface area contributed by atoms with Crippen molar-refractivity contribution in [1.29, 1.82) is 0 Å². The Morgan fingerprint density at radius 3 is 1.59 bits per heavy atom. The first-order valence-corrected chi connectivity index (χ1v) is 13.9. The molecule has 5 rings (SSSR count). The Morgan fingerprint density at radius 2 is 1.10 bits per heavy atom. The van der Waals surface area contributed by atoms with Crippen LogP contribution in [0.15, 0.2) is 76.5 Å². The van der Waals surface area contributed by atoms with Crippen LogP contribution in [0.3, 0.4) is 0 Å². The van der Waals surface area contributed by atoms with Crippen molar-refractivity contribution in [3.63, 3.8) is 0 Å². The van der Waals surface area contributed by atoms with Crippen molar-refractivity contribution >= 4 is 62.2 Å². The molecule has 2 atom stereocenters. The number of nitrogens with two attached hydrogens (primary N) is 1. The van der Waals surface area contributed by atoms with Gasteiger partial charge in [-0.1, -0.05) is 24.3 Å². The fourth-order valence-corrected chi connectivity index (χ4v) is 5.79. The minimum atomic E-state index is -2.32. The Hall–Kier alpha value is -4.16. The van der Waals surface area contributed by atoms with Crippen LogP contribution >= 0.6 is 0 Å². The second-order valence-corrected chi connectivity index (χ2v) is 11.0. The zero-order valence-corrected chi connectivity index (χ0v) is 22.4. The van der Waals surface area contributed by atoms with E-state index in [1.165, 1.54) is 12.1 Å². The summed E-state index contributed by atoms with van der Waals surface area (Å²) in [5.41, 5.74) is 9.11. The molecule has 0 aliphatic heterocycles. The minimum absolute atomic E-state index is 0.0180. The number of ketones is 2. The van der Waals surface area contributed by atoms with E-state index in [1.807, 2.05) is 0 Å². The van der Waals surface area contributed by atoms with Crippen LogP contribution < -0.4 is 16.4 Å². The number of fused-ring (bicyclic) bond motifs is 2. The number of hydrogen-bond donors (Lipinski definition) is 5. The van der Waals surface area contributed by atoms with Gasteiger partial charge in [-0.25, -0.2) is 8.42 Å². The third kappa shape index (κ3) is 4.77. The summed E-state index contributed by atoms with van der Waals surface area (Å²) in [7, 11) is 0. The summed E-state index contributed by atoms with van der Waals surface area (Å²) in [6, 6.07) is 17.6. The molecule has 0 saturated carbocycles. The lowest BCUT2D eigenvalue weighted by molar-refractivity contribution is 0.0981. The van der Waals surface area contributed by atoms with Gasteiger partial charge in [0.15, 0.2) is 33.7 Å². The molecule has 0 fully saturated rings. The highest BCUT2D eigenvalue weighted by Crippen LogP contribution is 2.41. The number of anilines is 5. The molecular weight excluding hydrogens is 538 g/mol. The Bertz CT molecular complexity index is 1750. The molecule has 0 saturated heterocycles. The Kier molecular flexibility index (Phi) is 6.91. The Labute approximate surface area is 229 Å². The van der Waals surface area contributed by atoms with E-state index < -0.39 is 33.7 Å². The molecule has 0 amide bonds. The van der Waals surface area contributed by atoms with Crippen molar-refractivity contribution in [1.82, 2.24) is 0 Å². The average Bonchev–Trinajstić information content (AvgIpc) is 2.89. The first-order chi connectivity index (χ1) is 18.6. The van der Waals surface area contributed by atoms with Crippen LogP contribution in [-0.2, 0) is 22.2 Å².